The van der Waals surface area contributed by atoms with Crippen molar-refractivity contribution in [3.8, 4) is 17.1 Å². The first-order valence-electron chi connectivity index (χ1n) is 9.08. The number of primary amides is 1. The fraction of sp³-hybridized carbons (Fsp3) is 0.474. The number of ether oxygens (including phenoxy) is 2. The molecule has 0 bridgehead atoms. The second-order valence-corrected chi connectivity index (χ2v) is 7.57. The van der Waals surface area contributed by atoms with Crippen LogP contribution in [0.25, 0.3) is 11.4 Å². The molecule has 1 aliphatic rings. The summed E-state index contributed by atoms with van der Waals surface area (Å²) in [6, 6.07) is 6.60. The van der Waals surface area contributed by atoms with Gasteiger partial charge in [-0.25, -0.2) is 4.79 Å². The lowest BCUT2D eigenvalue weighted by Crippen LogP contribution is -2.36. The standard InChI is InChI=1S/C19H24N4O5/c1-19(2,3)27-18(25)23-10-4-5-14(23)17-21-16(22-28-17)12-6-8-13(9-7-12)26-11-15(20)24/h6-9,14H,4-5,10-11H2,1-3H3,(H2,20,24)/t14-/m0/s1. The van der Waals surface area contributed by atoms with Crippen molar-refractivity contribution in [3.05, 3.63) is 30.2 Å². The van der Waals surface area contributed by atoms with Crippen LogP contribution in [0, 0.1) is 0 Å². The zero-order chi connectivity index (χ0) is 20.3. The van der Waals surface area contributed by atoms with E-state index in [0.717, 1.165) is 18.4 Å². The van der Waals surface area contributed by atoms with Crippen LogP contribution in [-0.4, -0.2) is 45.8 Å². The third-order valence-corrected chi connectivity index (χ3v) is 4.10. The molecule has 1 saturated heterocycles. The fourth-order valence-corrected chi connectivity index (χ4v) is 2.91. The van der Waals surface area contributed by atoms with Crippen LogP contribution in [0.5, 0.6) is 5.75 Å². The molecule has 2 heterocycles. The van der Waals surface area contributed by atoms with Gasteiger partial charge in [-0.2, -0.15) is 4.98 Å². The van der Waals surface area contributed by atoms with Gasteiger partial charge in [-0.3, -0.25) is 9.69 Å². The number of hydrogen-bond donors (Lipinski definition) is 1. The normalized spacial score (nSPS) is 16.8. The Hall–Kier alpha value is -3.10. The first-order chi connectivity index (χ1) is 13.2. The number of amides is 2. The van der Waals surface area contributed by atoms with E-state index in [1.54, 1.807) is 29.2 Å². The molecule has 28 heavy (non-hydrogen) atoms. The van der Waals surface area contributed by atoms with Crippen molar-refractivity contribution >= 4 is 12.0 Å². The Balaban J connectivity index is 1.71. The molecule has 0 radical (unpaired) electrons. The largest absolute Gasteiger partial charge is 0.484 e. The first-order valence-corrected chi connectivity index (χ1v) is 9.08. The average Bonchev–Trinajstić information content (AvgIpc) is 3.28. The van der Waals surface area contributed by atoms with E-state index >= 15 is 0 Å². The van der Waals surface area contributed by atoms with Gasteiger partial charge >= 0.3 is 6.09 Å². The maximum atomic E-state index is 12.4. The summed E-state index contributed by atoms with van der Waals surface area (Å²) in [5.41, 5.74) is 5.22. The van der Waals surface area contributed by atoms with Gasteiger partial charge < -0.3 is 19.7 Å². The number of likely N-dealkylation sites (tertiary alicyclic amines) is 1. The van der Waals surface area contributed by atoms with Gasteiger partial charge in [-0.15, -0.1) is 0 Å². The molecule has 1 aliphatic heterocycles. The molecule has 0 spiro atoms. The lowest BCUT2D eigenvalue weighted by molar-refractivity contribution is -0.119. The van der Waals surface area contributed by atoms with Gasteiger partial charge in [-0.1, -0.05) is 5.16 Å². The summed E-state index contributed by atoms with van der Waals surface area (Å²) in [6.07, 6.45) is 1.19. The number of hydrogen-bond acceptors (Lipinski definition) is 7. The molecule has 9 nitrogen and oxygen atoms in total. The highest BCUT2D eigenvalue weighted by atomic mass is 16.6. The molecule has 1 atom stereocenters. The van der Waals surface area contributed by atoms with E-state index in [-0.39, 0.29) is 18.7 Å². The maximum Gasteiger partial charge on any atom is 0.410 e. The minimum atomic E-state index is -0.567. The SMILES string of the molecule is CC(C)(C)OC(=O)N1CCC[C@H]1c1nc(-c2ccc(OCC(N)=O)cc2)no1. The van der Waals surface area contributed by atoms with Crippen LogP contribution in [0.2, 0.25) is 0 Å². The van der Waals surface area contributed by atoms with E-state index in [0.29, 0.717) is 24.0 Å². The minimum Gasteiger partial charge on any atom is -0.484 e. The van der Waals surface area contributed by atoms with E-state index in [1.165, 1.54) is 0 Å². The van der Waals surface area contributed by atoms with Crippen molar-refractivity contribution in [3.63, 3.8) is 0 Å². The van der Waals surface area contributed by atoms with Crippen molar-refractivity contribution < 1.29 is 23.6 Å². The highest BCUT2D eigenvalue weighted by molar-refractivity contribution is 5.75. The Morgan fingerprint density at radius 2 is 2.00 bits per heavy atom. The van der Waals surface area contributed by atoms with Crippen molar-refractivity contribution in [2.24, 2.45) is 5.73 Å². The Labute approximate surface area is 162 Å². The Morgan fingerprint density at radius 3 is 2.64 bits per heavy atom. The molecule has 2 aromatic rings. The average molecular weight is 388 g/mol. The minimum absolute atomic E-state index is 0.187. The second kappa shape index (κ2) is 7.87. The van der Waals surface area contributed by atoms with Gasteiger partial charge in [0.15, 0.2) is 6.61 Å². The predicted octanol–water partition coefficient (Wildman–Crippen LogP) is 2.67. The van der Waals surface area contributed by atoms with Gasteiger partial charge in [0.25, 0.3) is 5.91 Å². The van der Waals surface area contributed by atoms with Crippen molar-refractivity contribution in [2.45, 2.75) is 45.3 Å². The topological polar surface area (TPSA) is 121 Å². The van der Waals surface area contributed by atoms with E-state index in [9.17, 15) is 9.59 Å². The second-order valence-electron chi connectivity index (χ2n) is 7.57. The number of benzene rings is 1. The summed E-state index contributed by atoms with van der Waals surface area (Å²) in [4.78, 5) is 29.3. The molecule has 2 amide bonds. The van der Waals surface area contributed by atoms with E-state index < -0.39 is 11.5 Å². The van der Waals surface area contributed by atoms with Gasteiger partial charge in [0.1, 0.15) is 17.4 Å². The Kier molecular flexibility index (Phi) is 5.53. The lowest BCUT2D eigenvalue weighted by atomic mass is 10.2. The Morgan fingerprint density at radius 1 is 1.29 bits per heavy atom. The number of nitrogens with zero attached hydrogens (tertiary/aromatic N) is 3. The lowest BCUT2D eigenvalue weighted by Gasteiger charge is -2.26. The number of carbonyl (C=O) groups is 2. The maximum absolute atomic E-state index is 12.4. The molecular formula is C19H24N4O5. The molecule has 0 unspecified atom stereocenters. The number of aromatic nitrogens is 2. The highest BCUT2D eigenvalue weighted by Crippen LogP contribution is 2.33. The Bertz CT molecular complexity index is 841. The zero-order valence-electron chi connectivity index (χ0n) is 16.2. The molecule has 1 aromatic carbocycles. The summed E-state index contributed by atoms with van der Waals surface area (Å²) in [6.45, 7) is 5.89. The summed E-state index contributed by atoms with van der Waals surface area (Å²) in [5.74, 6) is 0.760. The van der Waals surface area contributed by atoms with Crippen LogP contribution in [0.3, 0.4) is 0 Å². The van der Waals surface area contributed by atoms with E-state index in [4.69, 9.17) is 19.7 Å². The van der Waals surface area contributed by atoms with Gasteiger partial charge in [0.05, 0.1) is 0 Å². The number of carbonyl (C=O) groups excluding carboxylic acids is 2. The van der Waals surface area contributed by atoms with Crippen LogP contribution < -0.4 is 10.5 Å². The molecule has 1 fully saturated rings. The summed E-state index contributed by atoms with van der Waals surface area (Å²) >= 11 is 0. The summed E-state index contributed by atoms with van der Waals surface area (Å²) in [7, 11) is 0. The van der Waals surface area contributed by atoms with Gasteiger partial charge in [0, 0.05) is 12.1 Å². The molecule has 0 saturated carbocycles. The van der Waals surface area contributed by atoms with Crippen molar-refractivity contribution in [1.29, 1.82) is 0 Å². The van der Waals surface area contributed by atoms with Crippen LogP contribution in [0.4, 0.5) is 4.79 Å². The molecule has 1 aromatic heterocycles. The monoisotopic (exact) mass is 388 g/mol. The zero-order valence-corrected chi connectivity index (χ0v) is 16.2. The third kappa shape index (κ3) is 4.79. The molecular weight excluding hydrogens is 364 g/mol. The van der Waals surface area contributed by atoms with E-state index in [1.807, 2.05) is 20.8 Å². The van der Waals surface area contributed by atoms with Gasteiger partial charge in [-0.05, 0) is 57.9 Å². The smallest absolute Gasteiger partial charge is 0.410 e. The summed E-state index contributed by atoms with van der Waals surface area (Å²) < 4.78 is 16.1. The van der Waals surface area contributed by atoms with E-state index in [2.05, 4.69) is 10.1 Å². The molecule has 150 valence electrons. The third-order valence-electron chi connectivity index (χ3n) is 4.10. The quantitative estimate of drug-likeness (QED) is 0.836. The predicted molar refractivity (Wildman–Crippen MR) is 99.3 cm³/mol. The highest BCUT2D eigenvalue weighted by Gasteiger charge is 2.36. The van der Waals surface area contributed by atoms with Crippen LogP contribution in [0.15, 0.2) is 28.8 Å². The number of nitrogens with two attached hydrogens (primary N) is 1. The summed E-state index contributed by atoms with van der Waals surface area (Å²) in [5, 5.41) is 4.02. The first kappa shape index (κ1) is 19.7. The van der Waals surface area contributed by atoms with Crippen molar-refractivity contribution in [2.75, 3.05) is 13.2 Å². The van der Waals surface area contributed by atoms with Gasteiger partial charge in [0.2, 0.25) is 11.7 Å². The molecule has 2 N–H and O–H groups in total. The molecule has 3 rings (SSSR count). The van der Waals surface area contributed by atoms with Crippen LogP contribution in [-0.2, 0) is 9.53 Å². The van der Waals surface area contributed by atoms with Crippen LogP contribution in [0.1, 0.15) is 45.5 Å². The molecule has 9 heteroatoms. The molecule has 0 aliphatic carbocycles. The van der Waals surface area contributed by atoms with Crippen molar-refractivity contribution in [1.82, 2.24) is 15.0 Å². The number of rotatable bonds is 5. The van der Waals surface area contributed by atoms with Crippen LogP contribution >= 0.6 is 0 Å². The fourth-order valence-electron chi connectivity index (χ4n) is 2.91.